The van der Waals surface area contributed by atoms with E-state index in [-0.39, 0.29) is 17.0 Å². The van der Waals surface area contributed by atoms with Crippen LogP contribution < -0.4 is 15.4 Å². The molecule has 1 aromatic rings. The van der Waals surface area contributed by atoms with E-state index in [0.29, 0.717) is 37.0 Å². The lowest BCUT2D eigenvalue weighted by molar-refractivity contribution is 0.506. The lowest BCUT2D eigenvalue weighted by Gasteiger charge is -2.27. The molecule has 3 N–H and O–H groups in total. The molecule has 1 rings (SSSR count). The lowest BCUT2D eigenvalue weighted by Crippen LogP contribution is -2.44. The van der Waals surface area contributed by atoms with Crippen LogP contribution in [0.25, 0.3) is 0 Å². The predicted octanol–water partition coefficient (Wildman–Crippen LogP) is 2.25. The molecule has 0 aliphatic carbocycles. The summed E-state index contributed by atoms with van der Waals surface area (Å²) in [6.07, 6.45) is 0.632. The average Bonchev–Trinajstić information content (AvgIpc) is 2.56. The highest BCUT2D eigenvalue weighted by atomic mass is 35.5. The van der Waals surface area contributed by atoms with Crippen molar-refractivity contribution in [3.05, 3.63) is 34.6 Å². The molecule has 0 bridgehead atoms. The van der Waals surface area contributed by atoms with E-state index in [1.807, 2.05) is 13.8 Å². The SMILES string of the molecule is CCS(=O)(=O)NCCCNC(=NC)NCC(C)(C)c1ccc(F)cc1Cl. The summed E-state index contributed by atoms with van der Waals surface area (Å²) in [5, 5.41) is 6.74. The van der Waals surface area contributed by atoms with E-state index < -0.39 is 10.0 Å². The maximum absolute atomic E-state index is 13.2. The standard InChI is InChI=1S/C17H28ClFN4O2S/c1-5-26(24,25)23-10-6-9-21-16(20-4)22-12-17(2,3)14-8-7-13(19)11-15(14)18/h7-8,11,23H,5-6,9-10,12H2,1-4H3,(H2,20,21,22). The van der Waals surface area contributed by atoms with E-state index in [0.717, 1.165) is 5.56 Å². The number of rotatable bonds is 9. The molecule has 0 aliphatic heterocycles. The number of hydrogen-bond donors (Lipinski definition) is 3. The molecule has 9 heteroatoms. The van der Waals surface area contributed by atoms with Gasteiger partial charge < -0.3 is 10.6 Å². The van der Waals surface area contributed by atoms with Crippen molar-refractivity contribution in [2.24, 2.45) is 4.99 Å². The Labute approximate surface area is 160 Å². The Bertz CT molecular complexity index is 723. The fraction of sp³-hybridized carbons (Fsp3) is 0.588. The number of nitrogens with one attached hydrogen (secondary N) is 3. The monoisotopic (exact) mass is 406 g/mol. The highest BCUT2D eigenvalue weighted by molar-refractivity contribution is 7.89. The molecule has 1 aromatic carbocycles. The summed E-state index contributed by atoms with van der Waals surface area (Å²) in [6, 6.07) is 4.39. The Morgan fingerprint density at radius 1 is 1.27 bits per heavy atom. The second-order valence-electron chi connectivity index (χ2n) is 6.51. The summed E-state index contributed by atoms with van der Waals surface area (Å²) in [5.74, 6) is 0.318. The van der Waals surface area contributed by atoms with Gasteiger partial charge in [-0.15, -0.1) is 0 Å². The molecule has 148 valence electrons. The summed E-state index contributed by atoms with van der Waals surface area (Å²) in [7, 11) is -1.50. The van der Waals surface area contributed by atoms with E-state index >= 15 is 0 Å². The Morgan fingerprint density at radius 2 is 1.96 bits per heavy atom. The highest BCUT2D eigenvalue weighted by Crippen LogP contribution is 2.29. The van der Waals surface area contributed by atoms with Crippen molar-refractivity contribution in [1.82, 2.24) is 15.4 Å². The first-order chi connectivity index (χ1) is 12.1. The fourth-order valence-electron chi connectivity index (χ4n) is 2.28. The van der Waals surface area contributed by atoms with Crippen LogP contribution in [0.2, 0.25) is 5.02 Å². The summed E-state index contributed by atoms with van der Waals surface area (Å²) in [6.45, 7) is 7.10. The third kappa shape index (κ3) is 7.47. The Hall–Kier alpha value is -1.38. The maximum Gasteiger partial charge on any atom is 0.211 e. The van der Waals surface area contributed by atoms with E-state index in [1.165, 1.54) is 12.1 Å². The molecule has 0 heterocycles. The largest absolute Gasteiger partial charge is 0.356 e. The van der Waals surface area contributed by atoms with Crippen LogP contribution in [0.5, 0.6) is 0 Å². The molecule has 0 saturated carbocycles. The van der Waals surface area contributed by atoms with Gasteiger partial charge in [-0.05, 0) is 31.0 Å². The van der Waals surface area contributed by atoms with Gasteiger partial charge in [0.05, 0.1) is 5.75 Å². The van der Waals surface area contributed by atoms with Gasteiger partial charge in [-0.3, -0.25) is 4.99 Å². The van der Waals surface area contributed by atoms with Crippen LogP contribution in [0.4, 0.5) is 4.39 Å². The van der Waals surface area contributed by atoms with Crippen LogP contribution >= 0.6 is 11.6 Å². The molecule has 0 spiro atoms. The van der Waals surface area contributed by atoms with Gasteiger partial charge in [-0.1, -0.05) is 31.5 Å². The van der Waals surface area contributed by atoms with Crippen LogP contribution in [0, 0.1) is 5.82 Å². The minimum absolute atomic E-state index is 0.0741. The quantitative estimate of drug-likeness (QED) is 0.333. The molecular weight excluding hydrogens is 379 g/mol. The van der Waals surface area contributed by atoms with Gasteiger partial charge in [0.2, 0.25) is 10.0 Å². The third-order valence-corrected chi connectivity index (χ3v) is 5.65. The summed E-state index contributed by atoms with van der Waals surface area (Å²) < 4.78 is 38.4. The smallest absolute Gasteiger partial charge is 0.211 e. The number of nitrogens with zero attached hydrogens (tertiary/aromatic N) is 1. The summed E-state index contributed by atoms with van der Waals surface area (Å²) in [5.41, 5.74) is 0.511. The van der Waals surface area contributed by atoms with Crippen molar-refractivity contribution >= 4 is 27.6 Å². The number of hydrogen-bond acceptors (Lipinski definition) is 3. The zero-order valence-electron chi connectivity index (χ0n) is 15.7. The summed E-state index contributed by atoms with van der Waals surface area (Å²) in [4.78, 5) is 4.15. The number of benzene rings is 1. The molecule has 0 amide bonds. The minimum atomic E-state index is -3.16. The van der Waals surface area contributed by atoms with Gasteiger partial charge in [0.25, 0.3) is 0 Å². The van der Waals surface area contributed by atoms with E-state index in [4.69, 9.17) is 11.6 Å². The molecule has 26 heavy (non-hydrogen) atoms. The first-order valence-corrected chi connectivity index (χ1v) is 10.5. The molecule has 0 atom stereocenters. The van der Waals surface area contributed by atoms with Crippen molar-refractivity contribution in [3.8, 4) is 0 Å². The fourth-order valence-corrected chi connectivity index (χ4v) is 3.37. The molecule has 0 fully saturated rings. The molecule has 0 unspecified atom stereocenters. The topological polar surface area (TPSA) is 82.6 Å². The second kappa shape index (κ2) is 10.1. The lowest BCUT2D eigenvalue weighted by atomic mass is 9.84. The van der Waals surface area contributed by atoms with E-state index in [1.54, 1.807) is 20.0 Å². The third-order valence-electron chi connectivity index (χ3n) is 3.93. The highest BCUT2D eigenvalue weighted by Gasteiger charge is 2.24. The minimum Gasteiger partial charge on any atom is -0.356 e. The first kappa shape index (κ1) is 22.7. The molecule has 0 radical (unpaired) electrons. The normalized spacial score (nSPS) is 12.9. The van der Waals surface area contributed by atoms with Crippen molar-refractivity contribution in [3.63, 3.8) is 0 Å². The van der Waals surface area contributed by atoms with Gasteiger partial charge in [0.15, 0.2) is 5.96 Å². The van der Waals surface area contributed by atoms with Crippen LogP contribution in [-0.2, 0) is 15.4 Å². The number of sulfonamides is 1. The van der Waals surface area contributed by atoms with Gasteiger partial charge in [0.1, 0.15) is 5.82 Å². The number of halogens is 2. The molecular formula is C17H28ClFN4O2S. The van der Waals surface area contributed by atoms with E-state index in [2.05, 4.69) is 20.3 Å². The average molecular weight is 407 g/mol. The van der Waals surface area contributed by atoms with Crippen LogP contribution in [0.15, 0.2) is 23.2 Å². The number of guanidine groups is 1. The molecule has 6 nitrogen and oxygen atoms in total. The van der Waals surface area contributed by atoms with Crippen LogP contribution in [0.3, 0.4) is 0 Å². The number of aliphatic imine (C=N–C) groups is 1. The Morgan fingerprint density at radius 3 is 2.54 bits per heavy atom. The van der Waals surface area contributed by atoms with Gasteiger partial charge in [-0.2, -0.15) is 0 Å². The maximum atomic E-state index is 13.2. The van der Waals surface area contributed by atoms with Crippen LogP contribution in [-0.4, -0.2) is 46.8 Å². The molecule has 0 aromatic heterocycles. The first-order valence-electron chi connectivity index (χ1n) is 8.48. The van der Waals surface area contributed by atoms with Gasteiger partial charge >= 0.3 is 0 Å². The van der Waals surface area contributed by atoms with Crippen molar-refractivity contribution in [2.45, 2.75) is 32.6 Å². The Kier molecular flexibility index (Phi) is 8.79. The zero-order chi connectivity index (χ0) is 19.8. The van der Waals surface area contributed by atoms with E-state index in [9.17, 15) is 12.8 Å². The summed E-state index contributed by atoms with van der Waals surface area (Å²) >= 11 is 6.16. The van der Waals surface area contributed by atoms with Crippen molar-refractivity contribution in [2.75, 3.05) is 32.4 Å². The second-order valence-corrected chi connectivity index (χ2v) is 9.01. The van der Waals surface area contributed by atoms with Gasteiger partial charge in [-0.25, -0.2) is 17.5 Å². The predicted molar refractivity (Wildman–Crippen MR) is 106 cm³/mol. The Balaban J connectivity index is 2.48. The van der Waals surface area contributed by atoms with Crippen molar-refractivity contribution in [1.29, 1.82) is 0 Å². The molecule has 0 saturated heterocycles. The molecule has 0 aliphatic rings. The van der Waals surface area contributed by atoms with Crippen molar-refractivity contribution < 1.29 is 12.8 Å². The van der Waals surface area contributed by atoms with Gasteiger partial charge in [0, 0.05) is 37.1 Å². The zero-order valence-corrected chi connectivity index (χ0v) is 17.3. The van der Waals surface area contributed by atoms with Crippen LogP contribution in [0.1, 0.15) is 32.8 Å².